The third-order valence-electron chi connectivity index (χ3n) is 5.85. The molecule has 212 valence electrons. The number of benzene rings is 2. The number of carbonyl (C=O) groups is 2. The van der Waals surface area contributed by atoms with Crippen LogP contribution in [-0.4, -0.2) is 46.2 Å². The number of nitrogens with one attached hydrogen (secondary N) is 1. The summed E-state index contributed by atoms with van der Waals surface area (Å²) in [5.74, 6) is -1.89. The molecule has 0 fully saturated rings. The van der Waals surface area contributed by atoms with E-state index in [1.807, 2.05) is 0 Å². The number of halogens is 1. The molecular formula is C28H31FN2O7SSi. The van der Waals surface area contributed by atoms with Crippen LogP contribution in [0.1, 0.15) is 60.3 Å². The molecule has 1 heterocycles. The minimum atomic E-state index is -3.44. The molecule has 3 rings (SSSR count). The van der Waals surface area contributed by atoms with Gasteiger partial charge in [0.1, 0.15) is 11.4 Å². The van der Waals surface area contributed by atoms with Crippen molar-refractivity contribution >= 4 is 31.2 Å². The second-order valence-corrected chi connectivity index (χ2v) is 13.2. The van der Waals surface area contributed by atoms with Gasteiger partial charge in [0.05, 0.1) is 18.2 Å². The van der Waals surface area contributed by atoms with Crippen LogP contribution in [0.3, 0.4) is 0 Å². The molecule has 1 aromatic heterocycles. The molecule has 12 heteroatoms. The fourth-order valence-corrected chi connectivity index (χ4v) is 5.46. The summed E-state index contributed by atoms with van der Waals surface area (Å²) in [5, 5.41) is 0. The van der Waals surface area contributed by atoms with Crippen molar-refractivity contribution in [3.05, 3.63) is 93.2 Å². The van der Waals surface area contributed by atoms with Gasteiger partial charge < -0.3 is 18.7 Å². The number of hydrogen-bond acceptors (Lipinski definition) is 7. The number of aromatic nitrogens is 1. The minimum absolute atomic E-state index is 0.161. The summed E-state index contributed by atoms with van der Waals surface area (Å²) in [4.78, 5) is 41.8. The molecule has 1 N–H and O–H groups in total. The van der Waals surface area contributed by atoms with E-state index >= 15 is 0 Å². The number of sulfone groups is 1. The third kappa shape index (κ3) is 8.12. The molecule has 2 aromatic carbocycles. The Morgan fingerprint density at radius 1 is 1.07 bits per heavy atom. The molecule has 0 saturated carbocycles. The first-order valence-corrected chi connectivity index (χ1v) is 15.4. The minimum Gasteiger partial charge on any atom is -0.460 e. The Balaban J connectivity index is 2.28. The Morgan fingerprint density at radius 3 is 2.30 bits per heavy atom. The van der Waals surface area contributed by atoms with Gasteiger partial charge in [-0.3, -0.25) is 14.4 Å². The highest BCUT2D eigenvalue weighted by molar-refractivity contribution is 7.89. The lowest BCUT2D eigenvalue weighted by Gasteiger charge is -2.24. The molecule has 9 nitrogen and oxygen atoms in total. The van der Waals surface area contributed by atoms with Crippen LogP contribution in [0.15, 0.2) is 59.5 Å². The van der Waals surface area contributed by atoms with Crippen LogP contribution < -0.4 is 10.5 Å². The maximum absolute atomic E-state index is 13.6. The van der Waals surface area contributed by atoms with Crippen LogP contribution >= 0.6 is 0 Å². The first-order chi connectivity index (χ1) is 18.6. The van der Waals surface area contributed by atoms with Crippen LogP contribution in [0, 0.1) is 5.82 Å². The van der Waals surface area contributed by atoms with Crippen molar-refractivity contribution in [1.82, 2.24) is 9.55 Å². The predicted octanol–water partition coefficient (Wildman–Crippen LogP) is 3.03. The highest BCUT2D eigenvalue weighted by Gasteiger charge is 2.26. The van der Waals surface area contributed by atoms with Gasteiger partial charge in [-0.15, -0.1) is 0 Å². The maximum Gasteiger partial charge on any atom is 0.377 e. The molecule has 0 aliphatic rings. The summed E-state index contributed by atoms with van der Waals surface area (Å²) >= 11 is 0. The van der Waals surface area contributed by atoms with E-state index in [0.717, 1.165) is 18.4 Å². The van der Waals surface area contributed by atoms with E-state index in [-0.39, 0.29) is 34.4 Å². The monoisotopic (exact) mass is 586 g/mol. The zero-order valence-electron chi connectivity index (χ0n) is 22.9. The van der Waals surface area contributed by atoms with Crippen molar-refractivity contribution in [1.29, 1.82) is 0 Å². The van der Waals surface area contributed by atoms with Crippen LogP contribution in [0.25, 0.3) is 11.1 Å². The van der Waals surface area contributed by atoms with Gasteiger partial charge in [-0.1, -0.05) is 12.1 Å². The number of hydrogen-bond donors (Lipinski definition) is 1. The molecule has 0 unspecified atom stereocenters. The first kappa shape index (κ1) is 30.8. The molecule has 0 radical (unpaired) electrons. The molecule has 0 bridgehead atoms. The second-order valence-electron chi connectivity index (χ2n) is 10.5. The van der Waals surface area contributed by atoms with E-state index < -0.39 is 54.2 Å². The largest absolute Gasteiger partial charge is 0.460 e. The number of nitrogens with zero attached hydrogens (tertiary/aromatic N) is 1. The standard InChI is InChI=1S/C28H31FN2O7SSi/c1-28(2,3)38-26(33)14-24(30-40-37)22-13-25(32)31(4)15-23(22)21-12-17(16-39(5,35)36)6-11-20(21)27(34)18-7-9-19(29)10-8-18/h6-13,15,24,30,40H,14,16H2,1-5H3/t24-/m0/s1. The van der Waals surface area contributed by atoms with E-state index in [1.54, 1.807) is 20.8 Å². The molecule has 40 heavy (non-hydrogen) atoms. The zero-order chi connectivity index (χ0) is 29.8. The van der Waals surface area contributed by atoms with Gasteiger partial charge in [0.25, 0.3) is 5.56 Å². The van der Waals surface area contributed by atoms with Crippen LogP contribution in [0.2, 0.25) is 0 Å². The summed E-state index contributed by atoms with van der Waals surface area (Å²) < 4.78 is 56.2. The van der Waals surface area contributed by atoms with Crippen molar-refractivity contribution < 1.29 is 31.6 Å². The molecule has 3 aromatic rings. The van der Waals surface area contributed by atoms with Gasteiger partial charge in [-0.25, -0.2) is 12.8 Å². The zero-order valence-corrected chi connectivity index (χ0v) is 24.8. The number of pyridine rings is 1. The Hall–Kier alpha value is -3.77. The van der Waals surface area contributed by atoms with E-state index in [4.69, 9.17) is 4.74 Å². The van der Waals surface area contributed by atoms with Crippen molar-refractivity contribution in [3.63, 3.8) is 0 Å². The molecule has 0 aliphatic heterocycles. The van der Waals surface area contributed by atoms with Crippen molar-refractivity contribution in [2.24, 2.45) is 7.05 Å². The van der Waals surface area contributed by atoms with E-state index in [9.17, 15) is 31.7 Å². The topological polar surface area (TPSA) is 129 Å². The number of carbonyl (C=O) groups excluding carboxylic acids is 2. The number of ketones is 1. The van der Waals surface area contributed by atoms with Crippen LogP contribution in [0.4, 0.5) is 4.39 Å². The van der Waals surface area contributed by atoms with Gasteiger partial charge in [0, 0.05) is 42.3 Å². The van der Waals surface area contributed by atoms with Crippen LogP contribution in [0.5, 0.6) is 0 Å². The van der Waals surface area contributed by atoms with Gasteiger partial charge in [-0.05, 0) is 67.8 Å². The summed E-state index contributed by atoms with van der Waals surface area (Å²) in [6.07, 6.45) is 2.29. The Bertz CT molecular complexity index is 1610. The van der Waals surface area contributed by atoms with E-state index in [0.29, 0.717) is 11.1 Å². The molecular weight excluding hydrogens is 555 g/mol. The number of esters is 1. The van der Waals surface area contributed by atoms with Gasteiger partial charge in [-0.2, -0.15) is 0 Å². The Kier molecular flexibility index (Phi) is 9.36. The van der Waals surface area contributed by atoms with Crippen molar-refractivity contribution in [2.75, 3.05) is 6.26 Å². The normalized spacial score (nSPS) is 12.4. The quantitative estimate of drug-likeness (QED) is 0.218. The lowest BCUT2D eigenvalue weighted by atomic mass is 9.88. The first-order valence-electron chi connectivity index (χ1n) is 12.3. The smallest absolute Gasteiger partial charge is 0.377 e. The lowest BCUT2D eigenvalue weighted by Crippen LogP contribution is -2.30. The Labute approximate surface area is 234 Å². The molecule has 0 spiro atoms. The molecule has 0 aliphatic carbocycles. The predicted molar refractivity (Wildman–Crippen MR) is 150 cm³/mol. The van der Waals surface area contributed by atoms with Gasteiger partial charge in [0.2, 0.25) is 0 Å². The number of ether oxygens (including phenoxy) is 1. The van der Waals surface area contributed by atoms with Gasteiger partial charge >= 0.3 is 15.5 Å². The average molecular weight is 587 g/mol. The van der Waals surface area contributed by atoms with Crippen molar-refractivity contribution in [2.45, 2.75) is 44.6 Å². The highest BCUT2D eigenvalue weighted by Crippen LogP contribution is 2.34. The number of rotatable bonds is 10. The summed E-state index contributed by atoms with van der Waals surface area (Å²) in [5.41, 5.74) is 0.452. The second kappa shape index (κ2) is 12.2. The number of aryl methyl sites for hydroxylation is 1. The van der Waals surface area contributed by atoms with Crippen LogP contribution in [-0.2, 0) is 36.6 Å². The average Bonchev–Trinajstić information content (AvgIpc) is 2.83. The molecule has 1 atom stereocenters. The lowest BCUT2D eigenvalue weighted by molar-refractivity contribution is -0.155. The van der Waals surface area contributed by atoms with Gasteiger partial charge in [0.15, 0.2) is 15.6 Å². The molecule has 0 amide bonds. The third-order valence-corrected chi connectivity index (χ3v) is 7.25. The van der Waals surface area contributed by atoms with E-state index in [2.05, 4.69) is 4.98 Å². The molecule has 0 saturated heterocycles. The maximum atomic E-state index is 13.6. The summed E-state index contributed by atoms with van der Waals surface area (Å²) in [7, 11) is -3.50. The Morgan fingerprint density at radius 2 is 1.73 bits per heavy atom. The SMILES string of the molecule is Cn1cc(-c2cc(CS(C)(=O)=O)ccc2C(=O)c2ccc(F)cc2)c([C@H](CC(=O)OC(C)(C)C)N[SiH]=O)cc1=O. The fourth-order valence-electron chi connectivity index (χ4n) is 4.21. The summed E-state index contributed by atoms with van der Waals surface area (Å²) in [6, 6.07) is 9.87. The highest BCUT2D eigenvalue weighted by atomic mass is 32.2. The van der Waals surface area contributed by atoms with Crippen molar-refractivity contribution in [3.8, 4) is 11.1 Å². The fraction of sp³-hybridized carbons (Fsp3) is 0.321. The summed E-state index contributed by atoms with van der Waals surface area (Å²) in [6.45, 7) is 5.11. The van der Waals surface area contributed by atoms with E-state index in [1.165, 1.54) is 54.2 Å².